The number of amides is 1. The summed E-state index contributed by atoms with van der Waals surface area (Å²) in [6, 6.07) is 3.56. The summed E-state index contributed by atoms with van der Waals surface area (Å²) < 4.78 is 38.2. The molecule has 0 saturated carbocycles. The van der Waals surface area contributed by atoms with Crippen molar-refractivity contribution in [3.8, 4) is 0 Å². The van der Waals surface area contributed by atoms with Crippen LogP contribution in [-0.2, 0) is 11.0 Å². The SMILES string of the molecule is Nc1ccc(NCC(=O)N2CCCCC2)cc1C(F)(F)F. The highest BCUT2D eigenvalue weighted by Gasteiger charge is 2.33. The molecule has 1 heterocycles. The van der Waals surface area contributed by atoms with E-state index >= 15 is 0 Å². The molecule has 1 fully saturated rings. The molecule has 2 rings (SSSR count). The molecule has 0 atom stereocenters. The summed E-state index contributed by atoms with van der Waals surface area (Å²) in [5.41, 5.74) is 4.35. The largest absolute Gasteiger partial charge is 0.418 e. The van der Waals surface area contributed by atoms with Crippen molar-refractivity contribution in [2.45, 2.75) is 25.4 Å². The average Bonchev–Trinajstić information content (AvgIpc) is 2.45. The molecule has 1 aromatic carbocycles. The highest BCUT2D eigenvalue weighted by atomic mass is 19.4. The van der Waals surface area contributed by atoms with Crippen molar-refractivity contribution in [2.24, 2.45) is 0 Å². The van der Waals surface area contributed by atoms with Crippen LogP contribution in [0.2, 0.25) is 0 Å². The van der Waals surface area contributed by atoms with E-state index in [1.807, 2.05) is 0 Å². The van der Waals surface area contributed by atoms with Crippen molar-refractivity contribution in [3.63, 3.8) is 0 Å². The van der Waals surface area contributed by atoms with Crippen LogP contribution in [0.4, 0.5) is 24.5 Å². The van der Waals surface area contributed by atoms with Crippen LogP contribution in [0.5, 0.6) is 0 Å². The first-order valence-electron chi connectivity index (χ1n) is 6.86. The molecular formula is C14H18F3N3O. The maximum absolute atomic E-state index is 12.7. The molecule has 21 heavy (non-hydrogen) atoms. The Bertz CT molecular complexity index is 511. The fourth-order valence-corrected chi connectivity index (χ4v) is 2.34. The maximum atomic E-state index is 12.7. The van der Waals surface area contributed by atoms with Gasteiger partial charge in [-0.25, -0.2) is 0 Å². The van der Waals surface area contributed by atoms with Gasteiger partial charge in [0.2, 0.25) is 5.91 Å². The standard InChI is InChI=1S/C14H18F3N3O/c15-14(16,17)11-8-10(4-5-12(11)18)19-9-13(21)20-6-2-1-3-7-20/h4-5,8,19H,1-3,6-7,9,18H2. The van der Waals surface area contributed by atoms with Gasteiger partial charge in [-0.05, 0) is 37.5 Å². The first-order chi connectivity index (χ1) is 9.88. The fraction of sp³-hybridized carbons (Fsp3) is 0.500. The Hall–Kier alpha value is -1.92. The van der Waals surface area contributed by atoms with Gasteiger partial charge in [0.25, 0.3) is 0 Å². The second-order valence-electron chi connectivity index (χ2n) is 5.09. The lowest BCUT2D eigenvalue weighted by Crippen LogP contribution is -2.39. The molecule has 1 aromatic rings. The zero-order valence-electron chi connectivity index (χ0n) is 11.5. The monoisotopic (exact) mass is 301 g/mol. The molecule has 1 amide bonds. The second-order valence-corrected chi connectivity index (χ2v) is 5.09. The lowest BCUT2D eigenvalue weighted by Gasteiger charge is -2.27. The number of nitrogens with two attached hydrogens (primary N) is 1. The number of carbonyl (C=O) groups is 1. The number of piperidine rings is 1. The molecule has 7 heteroatoms. The molecule has 4 nitrogen and oxygen atoms in total. The van der Waals surface area contributed by atoms with Crippen LogP contribution in [0.25, 0.3) is 0 Å². The molecule has 1 aliphatic heterocycles. The van der Waals surface area contributed by atoms with Crippen LogP contribution in [0.3, 0.4) is 0 Å². The third-order valence-corrected chi connectivity index (χ3v) is 3.51. The van der Waals surface area contributed by atoms with E-state index in [2.05, 4.69) is 5.32 Å². The highest BCUT2D eigenvalue weighted by molar-refractivity contribution is 5.81. The topological polar surface area (TPSA) is 58.4 Å². The first-order valence-corrected chi connectivity index (χ1v) is 6.86. The second kappa shape index (κ2) is 6.24. The summed E-state index contributed by atoms with van der Waals surface area (Å²) in [4.78, 5) is 13.7. The Balaban J connectivity index is 1.98. The Labute approximate surface area is 121 Å². The number of nitrogens with zero attached hydrogens (tertiary/aromatic N) is 1. The van der Waals surface area contributed by atoms with E-state index in [-0.39, 0.29) is 23.8 Å². The van der Waals surface area contributed by atoms with E-state index in [9.17, 15) is 18.0 Å². The Morgan fingerprint density at radius 2 is 1.90 bits per heavy atom. The zero-order valence-corrected chi connectivity index (χ0v) is 11.5. The molecule has 1 saturated heterocycles. The van der Waals surface area contributed by atoms with Crippen LogP contribution in [0.15, 0.2) is 18.2 Å². The summed E-state index contributed by atoms with van der Waals surface area (Å²) in [5.74, 6) is -0.0971. The minimum absolute atomic E-state index is 0.0127. The van der Waals surface area contributed by atoms with Gasteiger partial charge in [0.15, 0.2) is 0 Å². The number of benzene rings is 1. The normalized spacial score (nSPS) is 15.9. The van der Waals surface area contributed by atoms with Gasteiger partial charge < -0.3 is 16.0 Å². The van der Waals surface area contributed by atoms with Gasteiger partial charge in [0.05, 0.1) is 12.1 Å². The fourth-order valence-electron chi connectivity index (χ4n) is 2.34. The number of rotatable bonds is 3. The Morgan fingerprint density at radius 1 is 1.24 bits per heavy atom. The van der Waals surface area contributed by atoms with E-state index in [1.54, 1.807) is 4.90 Å². The molecule has 1 aliphatic rings. The van der Waals surface area contributed by atoms with Crippen LogP contribution in [0, 0.1) is 0 Å². The predicted octanol–water partition coefficient (Wildman–Crippen LogP) is 2.71. The van der Waals surface area contributed by atoms with E-state index < -0.39 is 11.7 Å². The van der Waals surface area contributed by atoms with Gasteiger partial charge in [-0.1, -0.05) is 0 Å². The summed E-state index contributed by atoms with van der Waals surface area (Å²) >= 11 is 0. The third-order valence-electron chi connectivity index (χ3n) is 3.51. The van der Waals surface area contributed by atoms with Crippen molar-refractivity contribution < 1.29 is 18.0 Å². The number of likely N-dealkylation sites (tertiary alicyclic amines) is 1. The number of nitrogens with one attached hydrogen (secondary N) is 1. The van der Waals surface area contributed by atoms with Crippen LogP contribution < -0.4 is 11.1 Å². The zero-order chi connectivity index (χ0) is 15.5. The molecule has 3 N–H and O–H groups in total. The smallest absolute Gasteiger partial charge is 0.398 e. The van der Waals surface area contributed by atoms with E-state index in [0.717, 1.165) is 38.4 Å². The number of anilines is 2. The summed E-state index contributed by atoms with van der Waals surface area (Å²) in [7, 11) is 0. The minimum Gasteiger partial charge on any atom is -0.398 e. The van der Waals surface area contributed by atoms with Crippen molar-refractivity contribution in [1.82, 2.24) is 4.90 Å². The molecule has 116 valence electrons. The van der Waals surface area contributed by atoms with E-state index in [0.29, 0.717) is 0 Å². The Kier molecular flexibility index (Phi) is 4.59. The molecule has 0 spiro atoms. The number of nitrogen functional groups attached to an aromatic ring is 1. The van der Waals surface area contributed by atoms with Gasteiger partial charge in [-0.2, -0.15) is 13.2 Å². The van der Waals surface area contributed by atoms with Crippen molar-refractivity contribution >= 4 is 17.3 Å². The molecular weight excluding hydrogens is 283 g/mol. The number of halogens is 3. The quantitative estimate of drug-likeness (QED) is 0.844. The molecule has 0 aliphatic carbocycles. The third kappa shape index (κ3) is 4.03. The van der Waals surface area contributed by atoms with Crippen LogP contribution in [-0.4, -0.2) is 30.4 Å². The van der Waals surface area contributed by atoms with Crippen molar-refractivity contribution in [2.75, 3.05) is 30.7 Å². The highest BCUT2D eigenvalue weighted by Crippen LogP contribution is 2.35. The lowest BCUT2D eigenvalue weighted by atomic mass is 10.1. The summed E-state index contributed by atoms with van der Waals surface area (Å²) in [5, 5.41) is 2.73. The minimum atomic E-state index is -4.50. The molecule has 0 unspecified atom stereocenters. The predicted molar refractivity (Wildman–Crippen MR) is 74.8 cm³/mol. The molecule has 0 radical (unpaired) electrons. The lowest BCUT2D eigenvalue weighted by molar-refractivity contribution is -0.136. The number of carbonyl (C=O) groups excluding carboxylic acids is 1. The summed E-state index contributed by atoms with van der Waals surface area (Å²) in [6.07, 6.45) is -1.43. The van der Waals surface area contributed by atoms with E-state index in [1.165, 1.54) is 12.1 Å². The molecule has 0 aromatic heterocycles. The number of hydrogen-bond acceptors (Lipinski definition) is 3. The van der Waals surface area contributed by atoms with Gasteiger partial charge >= 0.3 is 6.18 Å². The van der Waals surface area contributed by atoms with Gasteiger partial charge in [0.1, 0.15) is 0 Å². The van der Waals surface area contributed by atoms with Gasteiger partial charge in [-0.3, -0.25) is 4.79 Å². The van der Waals surface area contributed by atoms with Gasteiger partial charge in [0, 0.05) is 24.5 Å². The van der Waals surface area contributed by atoms with Gasteiger partial charge in [-0.15, -0.1) is 0 Å². The van der Waals surface area contributed by atoms with Crippen molar-refractivity contribution in [1.29, 1.82) is 0 Å². The first kappa shape index (κ1) is 15.5. The van der Waals surface area contributed by atoms with Crippen LogP contribution >= 0.6 is 0 Å². The number of hydrogen-bond donors (Lipinski definition) is 2. The van der Waals surface area contributed by atoms with Crippen LogP contribution in [0.1, 0.15) is 24.8 Å². The Morgan fingerprint density at radius 3 is 2.52 bits per heavy atom. The van der Waals surface area contributed by atoms with Crippen molar-refractivity contribution in [3.05, 3.63) is 23.8 Å². The number of alkyl halides is 3. The summed E-state index contributed by atoms with van der Waals surface area (Å²) in [6.45, 7) is 1.42. The molecule has 0 bridgehead atoms. The van der Waals surface area contributed by atoms with E-state index in [4.69, 9.17) is 5.73 Å². The maximum Gasteiger partial charge on any atom is 0.418 e. The average molecular weight is 301 g/mol.